The maximum absolute atomic E-state index is 11.4. The first-order valence-electron chi connectivity index (χ1n) is 5.87. The van der Waals surface area contributed by atoms with E-state index < -0.39 is 0 Å². The maximum Gasteiger partial charge on any atom is 0.230 e. The number of rotatable bonds is 7. The molecule has 6 heteroatoms. The van der Waals surface area contributed by atoms with E-state index in [9.17, 15) is 9.59 Å². The minimum absolute atomic E-state index is 0.0889. The Morgan fingerprint density at radius 2 is 1.68 bits per heavy atom. The lowest BCUT2D eigenvalue weighted by Gasteiger charge is -2.19. The molecule has 1 aromatic carbocycles. The van der Waals surface area contributed by atoms with Gasteiger partial charge in [0.25, 0.3) is 0 Å². The molecule has 2 N–H and O–H groups in total. The van der Waals surface area contributed by atoms with Gasteiger partial charge in [-0.2, -0.15) is 0 Å². The minimum atomic E-state index is -0.115. The molecule has 0 aliphatic carbocycles. The van der Waals surface area contributed by atoms with Crippen molar-refractivity contribution in [1.29, 1.82) is 0 Å². The van der Waals surface area contributed by atoms with Gasteiger partial charge in [-0.1, -0.05) is 62.2 Å². The highest BCUT2D eigenvalue weighted by Gasteiger charge is 2.13. The summed E-state index contributed by atoms with van der Waals surface area (Å²) in [4.78, 5) is 22.7. The summed E-state index contributed by atoms with van der Waals surface area (Å²) in [5.41, 5.74) is 1.12. The molecule has 0 aliphatic heterocycles. The minimum Gasteiger partial charge on any atom is -0.353 e. The third kappa shape index (κ3) is 6.73. The largest absolute Gasteiger partial charge is 0.353 e. The van der Waals surface area contributed by atoms with E-state index in [-0.39, 0.29) is 28.5 Å². The predicted octanol–water partition coefficient (Wildman–Crippen LogP) is 1.62. The van der Waals surface area contributed by atoms with Crippen LogP contribution in [0.15, 0.2) is 30.3 Å². The van der Waals surface area contributed by atoms with Gasteiger partial charge in [-0.3, -0.25) is 9.59 Å². The molecule has 19 heavy (non-hydrogen) atoms. The molecule has 0 saturated carbocycles. The summed E-state index contributed by atoms with van der Waals surface area (Å²) >= 11 is 6.20. The van der Waals surface area contributed by atoms with Crippen molar-refractivity contribution in [2.24, 2.45) is 0 Å². The van der Waals surface area contributed by atoms with Crippen molar-refractivity contribution >= 4 is 43.7 Å². The number of alkyl halides is 2. The van der Waals surface area contributed by atoms with Gasteiger partial charge in [0.05, 0.1) is 16.7 Å². The van der Waals surface area contributed by atoms with Crippen LogP contribution in [0.5, 0.6) is 0 Å². The molecule has 0 aromatic heterocycles. The Morgan fingerprint density at radius 3 is 2.26 bits per heavy atom. The van der Waals surface area contributed by atoms with Gasteiger partial charge in [0.2, 0.25) is 11.8 Å². The number of carbonyl (C=O) groups is 2. The lowest BCUT2D eigenvalue weighted by molar-refractivity contribution is -0.121. The van der Waals surface area contributed by atoms with E-state index in [1.165, 1.54) is 0 Å². The molecular weight excluding hydrogens is 376 g/mol. The van der Waals surface area contributed by atoms with Crippen molar-refractivity contribution in [3.8, 4) is 0 Å². The van der Waals surface area contributed by atoms with Gasteiger partial charge < -0.3 is 10.6 Å². The fourth-order valence-electron chi connectivity index (χ4n) is 1.62. The maximum atomic E-state index is 11.4. The molecule has 0 bridgehead atoms. The highest BCUT2D eigenvalue weighted by Crippen LogP contribution is 2.03. The second kappa shape index (κ2) is 9.09. The summed E-state index contributed by atoms with van der Waals surface area (Å²) in [7, 11) is 0. The van der Waals surface area contributed by atoms with Crippen molar-refractivity contribution < 1.29 is 9.59 Å². The van der Waals surface area contributed by atoms with Gasteiger partial charge in [-0.05, 0) is 12.0 Å². The van der Waals surface area contributed by atoms with Gasteiger partial charge in [-0.15, -0.1) is 0 Å². The van der Waals surface area contributed by atoms with Crippen molar-refractivity contribution in [2.45, 2.75) is 12.5 Å². The number of nitrogens with one attached hydrogen (secondary N) is 2. The summed E-state index contributed by atoms with van der Waals surface area (Å²) in [6, 6.07) is 9.74. The molecule has 0 saturated heterocycles. The van der Waals surface area contributed by atoms with Gasteiger partial charge in [0.1, 0.15) is 0 Å². The van der Waals surface area contributed by atoms with Crippen molar-refractivity contribution in [2.75, 3.05) is 17.2 Å². The van der Waals surface area contributed by atoms with Gasteiger partial charge in [0.15, 0.2) is 0 Å². The molecule has 4 nitrogen and oxygen atoms in total. The molecule has 104 valence electrons. The van der Waals surface area contributed by atoms with Crippen LogP contribution in [0.25, 0.3) is 0 Å². The first kappa shape index (κ1) is 16.2. The average Bonchev–Trinajstić information content (AvgIpc) is 2.45. The van der Waals surface area contributed by atoms with E-state index in [4.69, 9.17) is 0 Å². The number of amides is 2. The quantitative estimate of drug-likeness (QED) is 0.694. The van der Waals surface area contributed by atoms with Crippen LogP contribution in [0.1, 0.15) is 5.56 Å². The first-order chi connectivity index (χ1) is 9.15. The van der Waals surface area contributed by atoms with Crippen LogP contribution in [0.4, 0.5) is 0 Å². The average molecular weight is 392 g/mol. The lowest BCUT2D eigenvalue weighted by Crippen LogP contribution is -2.45. The first-order valence-corrected chi connectivity index (χ1v) is 8.12. The van der Waals surface area contributed by atoms with Gasteiger partial charge in [-0.25, -0.2) is 0 Å². The molecule has 1 atom stereocenters. The third-order valence-electron chi connectivity index (χ3n) is 2.48. The second-order valence-electron chi connectivity index (χ2n) is 4.03. The number of hydrogen-bond donors (Lipinski definition) is 2. The molecular formula is C13H16Br2N2O2. The predicted molar refractivity (Wildman–Crippen MR) is 82.7 cm³/mol. The van der Waals surface area contributed by atoms with E-state index >= 15 is 0 Å². The number of benzene rings is 1. The fraction of sp³-hybridized carbons (Fsp3) is 0.385. The van der Waals surface area contributed by atoms with Crippen molar-refractivity contribution in [1.82, 2.24) is 10.6 Å². The molecule has 2 amide bonds. The monoisotopic (exact) mass is 390 g/mol. The molecule has 0 radical (unpaired) electrons. The Morgan fingerprint density at radius 1 is 1.05 bits per heavy atom. The second-order valence-corrected chi connectivity index (χ2v) is 5.15. The SMILES string of the molecule is O=C(CBr)NCC(Cc1ccccc1)NC(=O)CBr. The molecule has 1 unspecified atom stereocenters. The molecule has 0 fully saturated rings. The summed E-state index contributed by atoms with van der Waals surface area (Å²) in [5.74, 6) is -0.180. The van der Waals surface area contributed by atoms with E-state index in [1.807, 2.05) is 30.3 Å². The Kier molecular flexibility index (Phi) is 7.74. The van der Waals surface area contributed by atoms with Crippen LogP contribution in [-0.2, 0) is 16.0 Å². The summed E-state index contributed by atoms with van der Waals surface area (Å²) < 4.78 is 0. The highest BCUT2D eigenvalue weighted by atomic mass is 79.9. The lowest BCUT2D eigenvalue weighted by atomic mass is 10.1. The smallest absolute Gasteiger partial charge is 0.230 e. The van der Waals surface area contributed by atoms with Crippen LogP contribution in [0.3, 0.4) is 0 Å². The molecule has 1 aromatic rings. The van der Waals surface area contributed by atoms with Crippen LogP contribution >= 0.6 is 31.9 Å². The number of halogens is 2. The normalized spacial score (nSPS) is 11.7. The molecule has 0 heterocycles. The van der Waals surface area contributed by atoms with E-state index in [2.05, 4.69) is 42.5 Å². The molecule has 0 aliphatic rings. The number of carbonyl (C=O) groups excluding carboxylic acids is 2. The summed E-state index contributed by atoms with van der Waals surface area (Å²) in [6.45, 7) is 0.415. The van der Waals surface area contributed by atoms with Gasteiger partial charge >= 0.3 is 0 Å². The standard InChI is InChI=1S/C13H16Br2N2O2/c14-7-12(18)16-9-11(17-13(19)8-15)6-10-4-2-1-3-5-10/h1-5,11H,6-9H2,(H,16,18)(H,17,19). The summed E-state index contributed by atoms with van der Waals surface area (Å²) in [5, 5.41) is 6.16. The van der Waals surface area contributed by atoms with Crippen molar-refractivity contribution in [3.63, 3.8) is 0 Å². The van der Waals surface area contributed by atoms with E-state index in [0.717, 1.165) is 5.56 Å². The Bertz CT molecular complexity index is 412. The van der Waals surface area contributed by atoms with Crippen LogP contribution in [0, 0.1) is 0 Å². The van der Waals surface area contributed by atoms with Gasteiger partial charge in [0, 0.05) is 6.54 Å². The van der Waals surface area contributed by atoms with Crippen LogP contribution in [0.2, 0.25) is 0 Å². The Labute approximate surface area is 129 Å². The molecule has 1 rings (SSSR count). The zero-order valence-electron chi connectivity index (χ0n) is 10.4. The fourth-order valence-corrected chi connectivity index (χ4v) is 1.98. The topological polar surface area (TPSA) is 58.2 Å². The Balaban J connectivity index is 2.58. The summed E-state index contributed by atoms with van der Waals surface area (Å²) in [6.07, 6.45) is 0.683. The zero-order valence-corrected chi connectivity index (χ0v) is 13.5. The molecule has 0 spiro atoms. The highest BCUT2D eigenvalue weighted by molar-refractivity contribution is 9.09. The van der Waals surface area contributed by atoms with E-state index in [0.29, 0.717) is 13.0 Å². The van der Waals surface area contributed by atoms with E-state index in [1.54, 1.807) is 0 Å². The zero-order chi connectivity index (χ0) is 14.1. The van der Waals surface area contributed by atoms with Crippen molar-refractivity contribution in [3.05, 3.63) is 35.9 Å². The Hall–Kier alpha value is -0.880. The number of hydrogen-bond acceptors (Lipinski definition) is 2. The van der Waals surface area contributed by atoms with Crippen LogP contribution in [-0.4, -0.2) is 35.1 Å². The van der Waals surface area contributed by atoms with Crippen LogP contribution < -0.4 is 10.6 Å². The third-order valence-corrected chi connectivity index (χ3v) is 3.50.